The molecule has 3 heterocycles. The number of carbonyl (C=O) groups is 1. The largest absolute Gasteiger partial charge is 0.491 e. The zero-order valence-corrected chi connectivity index (χ0v) is 15.6. The van der Waals surface area contributed by atoms with E-state index in [1.54, 1.807) is 0 Å². The van der Waals surface area contributed by atoms with Crippen molar-refractivity contribution in [3.63, 3.8) is 0 Å². The van der Waals surface area contributed by atoms with Gasteiger partial charge in [0.1, 0.15) is 23.4 Å². The molecule has 0 saturated heterocycles. The zero-order chi connectivity index (χ0) is 18.9. The van der Waals surface area contributed by atoms with Crippen molar-refractivity contribution in [1.82, 2.24) is 19.9 Å². The molecule has 26 heavy (non-hydrogen) atoms. The summed E-state index contributed by atoms with van der Waals surface area (Å²) in [5.74, 6) is 0.387. The molecule has 8 nitrogen and oxygen atoms in total. The highest BCUT2D eigenvalue weighted by Gasteiger charge is 2.43. The van der Waals surface area contributed by atoms with E-state index in [2.05, 4.69) is 20.6 Å². The summed E-state index contributed by atoms with van der Waals surface area (Å²) < 4.78 is 6.67. The van der Waals surface area contributed by atoms with Crippen molar-refractivity contribution in [3.8, 4) is 5.75 Å². The molecule has 2 aromatic rings. The van der Waals surface area contributed by atoms with E-state index in [0.717, 1.165) is 6.42 Å². The topological polar surface area (TPSA) is 98.1 Å². The lowest BCUT2D eigenvalue weighted by molar-refractivity contribution is 0.0905. The van der Waals surface area contributed by atoms with Crippen LogP contribution in [0.25, 0.3) is 0 Å². The third-order valence-electron chi connectivity index (χ3n) is 4.54. The lowest BCUT2D eigenvalue weighted by atomic mass is 10.0. The van der Waals surface area contributed by atoms with Crippen molar-refractivity contribution in [2.24, 2.45) is 0 Å². The fourth-order valence-electron chi connectivity index (χ4n) is 3.32. The van der Waals surface area contributed by atoms with Crippen LogP contribution in [0.15, 0.2) is 23.4 Å². The molecule has 9 heteroatoms. The van der Waals surface area contributed by atoms with Gasteiger partial charge in [0.05, 0.1) is 18.3 Å². The van der Waals surface area contributed by atoms with Crippen LogP contribution in [-0.4, -0.2) is 27.6 Å². The number of amides is 1. The number of fused-ring (bicyclic) bond motifs is 1. The van der Waals surface area contributed by atoms with E-state index in [0.29, 0.717) is 24.4 Å². The molecule has 0 bridgehead atoms. The molecule has 1 aliphatic heterocycles. The molecule has 0 aliphatic carbocycles. The van der Waals surface area contributed by atoms with Crippen LogP contribution in [-0.2, 0) is 5.66 Å². The fraction of sp³-hybridized carbons (Fsp3) is 0.412. The molecule has 0 fully saturated rings. The van der Waals surface area contributed by atoms with E-state index in [4.69, 9.17) is 16.3 Å². The molecule has 1 atom stereocenters. The standard InChI is InChI=1S/C17H20ClN5O3/c1-4-6-17(5-2)22-15(24)13-10(18)7-11(16(25)23(13)17)21-14-12(26-3)8-19-9-20-14/h7-9H,4-6H2,1-3H3,(H,22,24)(H,19,20,21). The number of methoxy groups -OCH3 is 1. The predicted molar refractivity (Wildman–Crippen MR) is 98.2 cm³/mol. The van der Waals surface area contributed by atoms with Crippen molar-refractivity contribution in [3.05, 3.63) is 39.7 Å². The molecule has 0 saturated carbocycles. The van der Waals surface area contributed by atoms with Gasteiger partial charge in [-0.3, -0.25) is 14.2 Å². The summed E-state index contributed by atoms with van der Waals surface area (Å²) in [6.07, 6.45) is 4.82. The Morgan fingerprint density at radius 2 is 2.15 bits per heavy atom. The minimum Gasteiger partial charge on any atom is -0.491 e. The quantitative estimate of drug-likeness (QED) is 0.803. The van der Waals surface area contributed by atoms with Gasteiger partial charge >= 0.3 is 0 Å². The third-order valence-corrected chi connectivity index (χ3v) is 4.83. The van der Waals surface area contributed by atoms with Gasteiger partial charge in [0, 0.05) is 0 Å². The number of halogens is 1. The summed E-state index contributed by atoms with van der Waals surface area (Å²) in [5.41, 5.74) is -0.734. The van der Waals surface area contributed by atoms with Gasteiger partial charge in [-0.05, 0) is 18.9 Å². The monoisotopic (exact) mass is 377 g/mol. The molecule has 3 rings (SSSR count). The van der Waals surface area contributed by atoms with Gasteiger partial charge in [0.15, 0.2) is 11.6 Å². The zero-order valence-electron chi connectivity index (χ0n) is 14.8. The van der Waals surface area contributed by atoms with Gasteiger partial charge < -0.3 is 15.4 Å². The maximum atomic E-state index is 13.2. The number of carbonyl (C=O) groups excluding carboxylic acids is 1. The van der Waals surface area contributed by atoms with E-state index < -0.39 is 5.66 Å². The maximum Gasteiger partial charge on any atom is 0.276 e. The van der Waals surface area contributed by atoms with Crippen LogP contribution < -0.4 is 20.9 Å². The van der Waals surface area contributed by atoms with Crippen molar-refractivity contribution in [2.45, 2.75) is 38.8 Å². The normalized spacial score (nSPS) is 18.4. The van der Waals surface area contributed by atoms with Gasteiger partial charge in [-0.2, -0.15) is 0 Å². The number of pyridine rings is 1. The van der Waals surface area contributed by atoms with E-state index in [9.17, 15) is 9.59 Å². The van der Waals surface area contributed by atoms with Crippen LogP contribution in [0, 0.1) is 0 Å². The number of hydrogen-bond acceptors (Lipinski definition) is 6. The summed E-state index contributed by atoms with van der Waals surface area (Å²) in [5, 5.41) is 6.09. The van der Waals surface area contributed by atoms with Gasteiger partial charge in [-0.15, -0.1) is 0 Å². The molecule has 1 aliphatic rings. The van der Waals surface area contributed by atoms with Crippen LogP contribution in [0.4, 0.5) is 11.5 Å². The molecule has 0 spiro atoms. The predicted octanol–water partition coefficient (Wildman–Crippen LogP) is 2.65. The smallest absolute Gasteiger partial charge is 0.276 e. The molecule has 1 amide bonds. The first-order valence-corrected chi connectivity index (χ1v) is 8.74. The molecular weight excluding hydrogens is 358 g/mol. The number of hydrogen-bond donors (Lipinski definition) is 2. The summed E-state index contributed by atoms with van der Waals surface area (Å²) in [6.45, 7) is 3.93. The Morgan fingerprint density at radius 1 is 1.38 bits per heavy atom. The molecule has 138 valence electrons. The molecule has 0 aromatic carbocycles. The lowest BCUT2D eigenvalue weighted by Gasteiger charge is -2.30. The highest BCUT2D eigenvalue weighted by molar-refractivity contribution is 6.34. The number of anilines is 2. The first kappa shape index (κ1) is 18.2. The summed E-state index contributed by atoms with van der Waals surface area (Å²) in [4.78, 5) is 33.6. The molecule has 0 radical (unpaired) electrons. The van der Waals surface area contributed by atoms with Gasteiger partial charge in [0.2, 0.25) is 0 Å². The van der Waals surface area contributed by atoms with Crippen LogP contribution in [0.1, 0.15) is 43.6 Å². The first-order chi connectivity index (χ1) is 12.5. The summed E-state index contributed by atoms with van der Waals surface area (Å²) >= 11 is 6.34. The molecular formula is C17H20ClN5O3. The highest BCUT2D eigenvalue weighted by Crippen LogP contribution is 2.34. The average Bonchev–Trinajstić information content (AvgIpc) is 2.93. The number of rotatable bonds is 6. The minimum absolute atomic E-state index is 0.187. The van der Waals surface area contributed by atoms with E-state index >= 15 is 0 Å². The van der Waals surface area contributed by atoms with Gasteiger partial charge in [-0.1, -0.05) is 31.9 Å². The van der Waals surface area contributed by atoms with Crippen molar-refractivity contribution in [1.29, 1.82) is 0 Å². The maximum absolute atomic E-state index is 13.2. The van der Waals surface area contributed by atoms with Crippen molar-refractivity contribution < 1.29 is 9.53 Å². The SMILES string of the molecule is CCCC1(CC)NC(=O)c2c(Cl)cc(Nc3ncncc3OC)c(=O)n21. The Morgan fingerprint density at radius 3 is 2.81 bits per heavy atom. The second kappa shape index (κ2) is 6.95. The Bertz CT molecular complexity index is 914. The highest BCUT2D eigenvalue weighted by atomic mass is 35.5. The van der Waals surface area contributed by atoms with E-state index in [-0.39, 0.29) is 27.9 Å². The van der Waals surface area contributed by atoms with Gasteiger partial charge in [0.25, 0.3) is 11.5 Å². The molecule has 2 aromatic heterocycles. The van der Waals surface area contributed by atoms with E-state index in [1.807, 2.05) is 13.8 Å². The Hall–Kier alpha value is -2.61. The second-order valence-electron chi connectivity index (χ2n) is 6.05. The van der Waals surface area contributed by atoms with E-state index in [1.165, 1.54) is 30.3 Å². The lowest BCUT2D eigenvalue weighted by Crippen LogP contribution is -2.47. The Labute approximate surface area is 155 Å². The average molecular weight is 378 g/mol. The molecule has 1 unspecified atom stereocenters. The van der Waals surface area contributed by atoms with Crippen LogP contribution >= 0.6 is 11.6 Å². The van der Waals surface area contributed by atoms with Crippen LogP contribution in [0.3, 0.4) is 0 Å². The number of ether oxygens (including phenoxy) is 1. The minimum atomic E-state index is -0.782. The number of aromatic nitrogens is 3. The number of nitrogens with zero attached hydrogens (tertiary/aromatic N) is 3. The Kier molecular flexibility index (Phi) is 4.86. The number of nitrogens with one attached hydrogen (secondary N) is 2. The summed E-state index contributed by atoms with van der Waals surface area (Å²) in [6, 6.07) is 1.44. The first-order valence-electron chi connectivity index (χ1n) is 8.37. The molecule has 2 N–H and O–H groups in total. The van der Waals surface area contributed by atoms with Crippen LogP contribution in [0.2, 0.25) is 5.02 Å². The fourth-order valence-corrected chi connectivity index (χ4v) is 3.60. The van der Waals surface area contributed by atoms with Crippen molar-refractivity contribution in [2.75, 3.05) is 12.4 Å². The third kappa shape index (κ3) is 2.80. The van der Waals surface area contributed by atoms with Gasteiger partial charge in [-0.25, -0.2) is 9.97 Å². The second-order valence-corrected chi connectivity index (χ2v) is 6.46. The van der Waals surface area contributed by atoms with Crippen molar-refractivity contribution >= 4 is 29.0 Å². The van der Waals surface area contributed by atoms with Crippen LogP contribution in [0.5, 0.6) is 5.75 Å². The Balaban J connectivity index is 2.17. The summed E-state index contributed by atoms with van der Waals surface area (Å²) in [7, 11) is 1.48.